The summed E-state index contributed by atoms with van der Waals surface area (Å²) in [5, 5.41) is 0. The van der Waals surface area contributed by atoms with Crippen LogP contribution in [-0.4, -0.2) is 59.4 Å². The van der Waals surface area contributed by atoms with Crippen LogP contribution in [0.3, 0.4) is 0 Å². The summed E-state index contributed by atoms with van der Waals surface area (Å²) in [5.74, 6) is 1.90. The third kappa shape index (κ3) is 3.76. The van der Waals surface area contributed by atoms with Crippen molar-refractivity contribution >= 4 is 23.1 Å². The maximum Gasteiger partial charge on any atom is 0.0798 e. The standard InChI is InChI=1S/C17H26N2O2S2/c1-13-16(22-12-18-13)7-19-10-17(11-19)6-15(9-23-17)21-8-14-2-4-20-5-3-14/h12,14-15H,2-11H2,1H3. The highest BCUT2D eigenvalue weighted by molar-refractivity contribution is 8.01. The molecule has 128 valence electrons. The minimum atomic E-state index is 0.468. The first-order valence-electron chi connectivity index (χ1n) is 8.67. The Balaban J connectivity index is 1.20. The third-order valence-electron chi connectivity index (χ3n) is 5.32. The lowest BCUT2D eigenvalue weighted by atomic mass is 9.92. The number of aromatic nitrogens is 1. The smallest absolute Gasteiger partial charge is 0.0798 e. The molecule has 4 heterocycles. The molecule has 0 radical (unpaired) electrons. The zero-order valence-corrected chi connectivity index (χ0v) is 15.5. The van der Waals surface area contributed by atoms with Gasteiger partial charge in [0.05, 0.1) is 17.3 Å². The van der Waals surface area contributed by atoms with Crippen LogP contribution in [0, 0.1) is 12.8 Å². The summed E-state index contributed by atoms with van der Waals surface area (Å²) in [6, 6.07) is 0. The average molecular weight is 355 g/mol. The van der Waals surface area contributed by atoms with Crippen molar-refractivity contribution in [2.75, 3.05) is 38.7 Å². The second-order valence-corrected chi connectivity index (χ2v) is 9.64. The molecule has 4 nitrogen and oxygen atoms in total. The Bertz CT molecular complexity index is 524. The summed E-state index contributed by atoms with van der Waals surface area (Å²) in [6.07, 6.45) is 4.05. The van der Waals surface area contributed by atoms with Gasteiger partial charge in [-0.3, -0.25) is 4.90 Å². The molecule has 6 heteroatoms. The van der Waals surface area contributed by atoms with Gasteiger partial charge in [0.25, 0.3) is 0 Å². The topological polar surface area (TPSA) is 34.6 Å². The Labute approximate surface area is 146 Å². The van der Waals surface area contributed by atoms with E-state index in [0.717, 1.165) is 32.3 Å². The van der Waals surface area contributed by atoms with Gasteiger partial charge >= 0.3 is 0 Å². The highest BCUT2D eigenvalue weighted by Crippen LogP contribution is 2.46. The average Bonchev–Trinajstić information content (AvgIpc) is 3.13. The van der Waals surface area contributed by atoms with Gasteiger partial charge in [0.1, 0.15) is 0 Å². The van der Waals surface area contributed by atoms with Crippen LogP contribution in [0.1, 0.15) is 29.8 Å². The monoisotopic (exact) mass is 354 g/mol. The van der Waals surface area contributed by atoms with Crippen molar-refractivity contribution < 1.29 is 9.47 Å². The number of hydrogen-bond donors (Lipinski definition) is 0. The molecule has 3 fully saturated rings. The van der Waals surface area contributed by atoms with Crippen LogP contribution in [0.4, 0.5) is 0 Å². The summed E-state index contributed by atoms with van der Waals surface area (Å²) in [4.78, 5) is 8.35. The van der Waals surface area contributed by atoms with Crippen molar-refractivity contribution in [1.82, 2.24) is 9.88 Å². The normalized spacial score (nSPS) is 28.3. The molecular weight excluding hydrogens is 328 g/mol. The molecule has 3 aliphatic heterocycles. The van der Waals surface area contributed by atoms with Crippen LogP contribution in [-0.2, 0) is 16.0 Å². The van der Waals surface area contributed by atoms with Crippen molar-refractivity contribution in [2.24, 2.45) is 5.92 Å². The first-order valence-corrected chi connectivity index (χ1v) is 10.5. The Morgan fingerprint density at radius 3 is 2.96 bits per heavy atom. The molecule has 0 amide bonds. The second-order valence-electron chi connectivity index (χ2n) is 7.22. The SMILES string of the molecule is Cc1ncsc1CN1CC2(CC(OCC3CCOCC3)CS2)C1. The third-order valence-corrected chi connectivity index (χ3v) is 7.81. The van der Waals surface area contributed by atoms with Crippen LogP contribution >= 0.6 is 23.1 Å². The van der Waals surface area contributed by atoms with Crippen molar-refractivity contribution in [3.05, 3.63) is 16.1 Å². The van der Waals surface area contributed by atoms with E-state index in [0.29, 0.717) is 10.9 Å². The van der Waals surface area contributed by atoms with E-state index in [1.807, 2.05) is 5.51 Å². The predicted molar refractivity (Wildman–Crippen MR) is 95.2 cm³/mol. The Kier molecular flexibility index (Phi) is 4.97. The molecule has 1 aromatic rings. The van der Waals surface area contributed by atoms with E-state index in [-0.39, 0.29) is 0 Å². The Morgan fingerprint density at radius 1 is 1.39 bits per heavy atom. The van der Waals surface area contributed by atoms with E-state index in [1.165, 1.54) is 48.7 Å². The summed E-state index contributed by atoms with van der Waals surface area (Å²) in [5.41, 5.74) is 3.16. The van der Waals surface area contributed by atoms with E-state index in [1.54, 1.807) is 11.3 Å². The van der Waals surface area contributed by atoms with Crippen molar-refractivity contribution in [1.29, 1.82) is 0 Å². The van der Waals surface area contributed by atoms with Gasteiger partial charge in [0, 0.05) is 54.8 Å². The van der Waals surface area contributed by atoms with Crippen LogP contribution < -0.4 is 0 Å². The molecular formula is C17H26N2O2S2. The number of thioether (sulfide) groups is 1. The molecule has 0 N–H and O–H groups in total. The number of thiazole rings is 1. The summed E-state index contributed by atoms with van der Waals surface area (Å²) in [7, 11) is 0. The minimum Gasteiger partial charge on any atom is -0.381 e. The molecule has 0 aliphatic carbocycles. The molecule has 4 rings (SSSR count). The lowest BCUT2D eigenvalue weighted by Gasteiger charge is -2.47. The molecule has 0 bridgehead atoms. The van der Waals surface area contributed by atoms with Crippen molar-refractivity contribution in [3.63, 3.8) is 0 Å². The quantitative estimate of drug-likeness (QED) is 0.812. The summed E-state index contributed by atoms with van der Waals surface area (Å²) >= 11 is 3.93. The number of rotatable bonds is 5. The van der Waals surface area contributed by atoms with E-state index in [4.69, 9.17) is 9.47 Å². The van der Waals surface area contributed by atoms with E-state index < -0.39 is 0 Å². The molecule has 3 saturated heterocycles. The zero-order chi connectivity index (χ0) is 15.7. The van der Waals surface area contributed by atoms with Gasteiger partial charge in [-0.2, -0.15) is 0 Å². The van der Waals surface area contributed by atoms with Crippen LogP contribution in [0.15, 0.2) is 5.51 Å². The maximum atomic E-state index is 6.23. The van der Waals surface area contributed by atoms with Crippen molar-refractivity contribution in [3.8, 4) is 0 Å². The van der Waals surface area contributed by atoms with Crippen LogP contribution in [0.5, 0.6) is 0 Å². The lowest BCUT2D eigenvalue weighted by molar-refractivity contribution is -0.0132. The van der Waals surface area contributed by atoms with Gasteiger partial charge in [0.2, 0.25) is 0 Å². The van der Waals surface area contributed by atoms with E-state index >= 15 is 0 Å². The maximum absolute atomic E-state index is 6.23. The number of aryl methyl sites for hydroxylation is 1. The van der Waals surface area contributed by atoms with Crippen LogP contribution in [0.25, 0.3) is 0 Å². The fraction of sp³-hybridized carbons (Fsp3) is 0.824. The molecule has 1 spiro atoms. The largest absolute Gasteiger partial charge is 0.381 e. The van der Waals surface area contributed by atoms with Gasteiger partial charge in [0.15, 0.2) is 0 Å². The van der Waals surface area contributed by atoms with Gasteiger partial charge in [-0.15, -0.1) is 23.1 Å². The molecule has 0 aromatic carbocycles. The first kappa shape index (κ1) is 16.3. The second kappa shape index (κ2) is 7.00. The molecule has 1 aromatic heterocycles. The van der Waals surface area contributed by atoms with E-state index in [2.05, 4.69) is 28.6 Å². The molecule has 3 aliphatic rings. The van der Waals surface area contributed by atoms with Gasteiger partial charge in [-0.1, -0.05) is 0 Å². The highest BCUT2D eigenvalue weighted by atomic mass is 32.2. The number of ether oxygens (including phenoxy) is 2. The fourth-order valence-corrected chi connectivity index (χ4v) is 6.30. The number of nitrogens with zero attached hydrogens (tertiary/aromatic N) is 2. The van der Waals surface area contributed by atoms with Crippen molar-refractivity contribution in [2.45, 2.75) is 43.6 Å². The first-order chi connectivity index (χ1) is 11.2. The number of likely N-dealkylation sites (tertiary alicyclic amines) is 1. The minimum absolute atomic E-state index is 0.468. The molecule has 0 saturated carbocycles. The Hall–Kier alpha value is -0.140. The van der Waals surface area contributed by atoms with Gasteiger partial charge in [-0.25, -0.2) is 4.98 Å². The van der Waals surface area contributed by atoms with Crippen LogP contribution in [0.2, 0.25) is 0 Å². The number of hydrogen-bond acceptors (Lipinski definition) is 6. The highest BCUT2D eigenvalue weighted by Gasteiger charge is 2.49. The molecule has 23 heavy (non-hydrogen) atoms. The summed E-state index contributed by atoms with van der Waals surface area (Å²) in [6.45, 7) is 8.40. The summed E-state index contributed by atoms with van der Waals surface area (Å²) < 4.78 is 12.1. The molecule has 1 unspecified atom stereocenters. The predicted octanol–water partition coefficient (Wildman–Crippen LogP) is 2.95. The zero-order valence-electron chi connectivity index (χ0n) is 13.8. The van der Waals surface area contributed by atoms with Gasteiger partial charge in [-0.05, 0) is 32.1 Å². The Morgan fingerprint density at radius 2 is 2.22 bits per heavy atom. The fourth-order valence-electron chi connectivity index (χ4n) is 3.88. The van der Waals surface area contributed by atoms with E-state index in [9.17, 15) is 0 Å². The van der Waals surface area contributed by atoms with Gasteiger partial charge < -0.3 is 9.47 Å². The lowest BCUT2D eigenvalue weighted by Crippen LogP contribution is -2.58. The molecule has 1 atom stereocenters.